The first-order valence-corrected chi connectivity index (χ1v) is 4.72. The van der Waals surface area contributed by atoms with Gasteiger partial charge in [0.2, 0.25) is 0 Å². The molecule has 1 atom stereocenters. The molecule has 0 radical (unpaired) electrons. The predicted octanol–water partition coefficient (Wildman–Crippen LogP) is 0.939. The first-order chi connectivity index (χ1) is 5.84. The molecule has 0 saturated carbocycles. The minimum absolute atomic E-state index is 0.0240. The zero-order valence-corrected chi connectivity index (χ0v) is 7.64. The number of nitrogens with one attached hydrogen (secondary N) is 1. The first kappa shape index (κ1) is 9.52. The van der Waals surface area contributed by atoms with Crippen molar-refractivity contribution in [3.8, 4) is 0 Å². The molecule has 3 heteroatoms. The second-order valence-electron chi connectivity index (χ2n) is 3.21. The van der Waals surface area contributed by atoms with Crippen molar-refractivity contribution in [3.05, 3.63) is 0 Å². The quantitative estimate of drug-likeness (QED) is 0.642. The molecular weight excluding hydrogens is 154 g/mol. The molecule has 70 valence electrons. The van der Waals surface area contributed by atoms with E-state index in [0.717, 1.165) is 32.4 Å². The minimum Gasteiger partial charge on any atom is -0.465 e. The van der Waals surface area contributed by atoms with Crippen LogP contribution in [0.5, 0.6) is 0 Å². The predicted molar refractivity (Wildman–Crippen MR) is 46.8 cm³/mol. The Bertz CT molecular complexity index is 141. The van der Waals surface area contributed by atoms with Gasteiger partial charge in [0.1, 0.15) is 0 Å². The van der Waals surface area contributed by atoms with Crippen LogP contribution in [-0.4, -0.2) is 25.7 Å². The molecule has 0 aromatic heterocycles. The molecule has 12 heavy (non-hydrogen) atoms. The van der Waals surface area contributed by atoms with Gasteiger partial charge in [0.25, 0.3) is 0 Å². The molecule has 0 bridgehead atoms. The van der Waals surface area contributed by atoms with Gasteiger partial charge in [-0.25, -0.2) is 0 Å². The summed E-state index contributed by atoms with van der Waals surface area (Å²) in [6.45, 7) is 4.40. The van der Waals surface area contributed by atoms with Gasteiger partial charge in [0, 0.05) is 6.54 Å². The Hall–Kier alpha value is -0.570. The van der Waals surface area contributed by atoms with Crippen LogP contribution in [-0.2, 0) is 9.53 Å². The van der Waals surface area contributed by atoms with E-state index in [-0.39, 0.29) is 11.9 Å². The topological polar surface area (TPSA) is 38.3 Å². The molecule has 0 aliphatic carbocycles. The molecule has 0 unspecified atom stereocenters. The van der Waals surface area contributed by atoms with E-state index in [1.165, 1.54) is 0 Å². The lowest BCUT2D eigenvalue weighted by atomic mass is 10.0. The van der Waals surface area contributed by atoms with Gasteiger partial charge in [0.15, 0.2) is 0 Å². The SMILES string of the molecule is CCCOC(=O)[C@H]1CCCNC1. The van der Waals surface area contributed by atoms with Gasteiger partial charge in [-0.2, -0.15) is 0 Å². The fraction of sp³-hybridized carbons (Fsp3) is 0.889. The summed E-state index contributed by atoms with van der Waals surface area (Å²) >= 11 is 0. The molecule has 1 heterocycles. The molecule has 0 amide bonds. The lowest BCUT2D eigenvalue weighted by Gasteiger charge is -2.20. The molecule has 1 rings (SSSR count). The number of carbonyl (C=O) groups is 1. The Morgan fingerprint density at radius 2 is 2.50 bits per heavy atom. The molecule has 1 aliphatic heterocycles. The lowest BCUT2D eigenvalue weighted by Crippen LogP contribution is -2.35. The maximum absolute atomic E-state index is 11.3. The highest BCUT2D eigenvalue weighted by molar-refractivity contribution is 5.72. The van der Waals surface area contributed by atoms with E-state index >= 15 is 0 Å². The summed E-state index contributed by atoms with van der Waals surface area (Å²) in [6.07, 6.45) is 2.98. The second-order valence-corrected chi connectivity index (χ2v) is 3.21. The third-order valence-electron chi connectivity index (χ3n) is 2.08. The summed E-state index contributed by atoms with van der Waals surface area (Å²) in [4.78, 5) is 11.3. The Labute approximate surface area is 73.5 Å². The highest BCUT2D eigenvalue weighted by atomic mass is 16.5. The fourth-order valence-corrected chi connectivity index (χ4v) is 1.37. The minimum atomic E-state index is -0.0240. The average Bonchev–Trinajstić information content (AvgIpc) is 2.15. The van der Waals surface area contributed by atoms with Crippen LogP contribution in [0.1, 0.15) is 26.2 Å². The van der Waals surface area contributed by atoms with Gasteiger partial charge in [0.05, 0.1) is 12.5 Å². The van der Waals surface area contributed by atoms with Gasteiger partial charge < -0.3 is 10.1 Å². The van der Waals surface area contributed by atoms with Gasteiger partial charge in [-0.3, -0.25) is 4.79 Å². The van der Waals surface area contributed by atoms with Gasteiger partial charge in [-0.15, -0.1) is 0 Å². The average molecular weight is 171 g/mol. The molecule has 0 spiro atoms. The van der Waals surface area contributed by atoms with Gasteiger partial charge in [-0.05, 0) is 25.8 Å². The van der Waals surface area contributed by atoms with Crippen LogP contribution in [0.15, 0.2) is 0 Å². The Kier molecular flexibility index (Phi) is 4.08. The van der Waals surface area contributed by atoms with Crippen LogP contribution < -0.4 is 5.32 Å². The number of ether oxygens (including phenoxy) is 1. The van der Waals surface area contributed by atoms with Gasteiger partial charge >= 0.3 is 5.97 Å². The third-order valence-corrected chi connectivity index (χ3v) is 2.08. The van der Waals surface area contributed by atoms with Crippen molar-refractivity contribution in [2.75, 3.05) is 19.7 Å². The first-order valence-electron chi connectivity index (χ1n) is 4.72. The molecule has 1 aliphatic rings. The van der Waals surface area contributed by atoms with Crippen molar-refractivity contribution >= 4 is 5.97 Å². The van der Waals surface area contributed by atoms with E-state index < -0.39 is 0 Å². The number of hydrogen-bond acceptors (Lipinski definition) is 3. The molecule has 0 aromatic rings. The molecule has 0 aromatic carbocycles. The van der Waals surface area contributed by atoms with E-state index in [0.29, 0.717) is 6.61 Å². The monoisotopic (exact) mass is 171 g/mol. The normalized spacial score (nSPS) is 23.6. The van der Waals surface area contributed by atoms with Crippen molar-refractivity contribution in [2.24, 2.45) is 5.92 Å². The zero-order chi connectivity index (χ0) is 8.81. The van der Waals surface area contributed by atoms with Crippen molar-refractivity contribution in [2.45, 2.75) is 26.2 Å². The van der Waals surface area contributed by atoms with Crippen LogP contribution in [0.4, 0.5) is 0 Å². The van der Waals surface area contributed by atoms with Crippen molar-refractivity contribution in [1.29, 1.82) is 0 Å². The van der Waals surface area contributed by atoms with Crippen LogP contribution in [0.25, 0.3) is 0 Å². The lowest BCUT2D eigenvalue weighted by molar-refractivity contribution is -0.149. The van der Waals surface area contributed by atoms with Crippen molar-refractivity contribution in [1.82, 2.24) is 5.32 Å². The third kappa shape index (κ3) is 2.81. The maximum atomic E-state index is 11.3. The summed E-state index contributed by atoms with van der Waals surface area (Å²) < 4.78 is 5.05. The van der Waals surface area contributed by atoms with E-state index in [9.17, 15) is 4.79 Å². The fourth-order valence-electron chi connectivity index (χ4n) is 1.37. The van der Waals surface area contributed by atoms with Crippen molar-refractivity contribution < 1.29 is 9.53 Å². The van der Waals surface area contributed by atoms with Crippen LogP contribution in [0.3, 0.4) is 0 Å². The zero-order valence-electron chi connectivity index (χ0n) is 7.64. The smallest absolute Gasteiger partial charge is 0.310 e. The van der Waals surface area contributed by atoms with Crippen LogP contribution in [0.2, 0.25) is 0 Å². The second kappa shape index (κ2) is 5.14. The number of esters is 1. The van der Waals surface area contributed by atoms with Crippen LogP contribution >= 0.6 is 0 Å². The van der Waals surface area contributed by atoms with Crippen molar-refractivity contribution in [3.63, 3.8) is 0 Å². The highest BCUT2D eigenvalue weighted by Gasteiger charge is 2.21. The van der Waals surface area contributed by atoms with Crippen LogP contribution in [0, 0.1) is 5.92 Å². The van der Waals surface area contributed by atoms with E-state index in [1.807, 2.05) is 6.92 Å². The highest BCUT2D eigenvalue weighted by Crippen LogP contribution is 2.11. The molecule has 3 nitrogen and oxygen atoms in total. The Balaban J connectivity index is 2.20. The molecular formula is C9H17NO2. The summed E-state index contributed by atoms with van der Waals surface area (Å²) in [5.74, 6) is 0.0781. The molecule has 1 fully saturated rings. The number of hydrogen-bond donors (Lipinski definition) is 1. The molecule has 1 saturated heterocycles. The maximum Gasteiger partial charge on any atom is 0.310 e. The van der Waals surface area contributed by atoms with Gasteiger partial charge in [-0.1, -0.05) is 6.92 Å². The standard InChI is InChI=1S/C9H17NO2/c1-2-6-12-9(11)8-4-3-5-10-7-8/h8,10H,2-7H2,1H3/t8-/m0/s1. The Morgan fingerprint density at radius 1 is 1.67 bits per heavy atom. The summed E-state index contributed by atoms with van der Waals surface area (Å²) in [5, 5.41) is 3.19. The Morgan fingerprint density at radius 3 is 3.08 bits per heavy atom. The van der Waals surface area contributed by atoms with E-state index in [2.05, 4.69) is 5.32 Å². The molecule has 1 N–H and O–H groups in total. The van der Waals surface area contributed by atoms with E-state index in [1.54, 1.807) is 0 Å². The summed E-state index contributed by atoms with van der Waals surface area (Å²) in [5.41, 5.74) is 0. The van der Waals surface area contributed by atoms with E-state index in [4.69, 9.17) is 4.74 Å². The summed E-state index contributed by atoms with van der Waals surface area (Å²) in [6, 6.07) is 0. The summed E-state index contributed by atoms with van der Waals surface area (Å²) in [7, 11) is 0. The number of piperidine rings is 1. The largest absolute Gasteiger partial charge is 0.465 e. The number of carbonyl (C=O) groups excluding carboxylic acids is 1. The number of rotatable bonds is 3.